The molecule has 5 nitrogen and oxygen atoms in total. The van der Waals surface area contributed by atoms with Crippen LogP contribution in [-0.2, 0) is 24.7 Å². The average Bonchev–Trinajstić information content (AvgIpc) is 3.01. The largest absolute Gasteiger partial charge is 0.325 e. The van der Waals surface area contributed by atoms with Crippen molar-refractivity contribution < 1.29 is 4.79 Å². The van der Waals surface area contributed by atoms with Crippen molar-refractivity contribution in [1.82, 2.24) is 14.8 Å². The Balaban J connectivity index is 1.53. The highest BCUT2D eigenvalue weighted by Gasteiger charge is 2.18. The summed E-state index contributed by atoms with van der Waals surface area (Å²) in [4.78, 5) is 12.3. The summed E-state index contributed by atoms with van der Waals surface area (Å²) in [5, 5.41) is 12.5. The quantitative estimate of drug-likeness (QED) is 0.739. The van der Waals surface area contributed by atoms with Crippen molar-refractivity contribution in [2.75, 3.05) is 11.1 Å². The zero-order valence-electron chi connectivity index (χ0n) is 15.7. The number of aryl methyl sites for hydroxylation is 1. The maximum absolute atomic E-state index is 12.3. The fourth-order valence-electron chi connectivity index (χ4n) is 3.56. The molecule has 140 valence electrons. The summed E-state index contributed by atoms with van der Waals surface area (Å²) in [6.07, 6.45) is 8.54. The van der Waals surface area contributed by atoms with Gasteiger partial charge in [0.1, 0.15) is 5.82 Å². The summed E-state index contributed by atoms with van der Waals surface area (Å²) < 4.78 is 2.05. The van der Waals surface area contributed by atoms with E-state index in [0.717, 1.165) is 41.0 Å². The second-order valence-electron chi connectivity index (χ2n) is 7.01. The number of nitrogens with one attached hydrogen (secondary N) is 1. The number of benzene rings is 1. The lowest BCUT2D eigenvalue weighted by Crippen LogP contribution is -2.16. The number of carbonyl (C=O) groups excluding carboxylic acids is 1. The molecule has 6 heteroatoms. The highest BCUT2D eigenvalue weighted by atomic mass is 32.2. The van der Waals surface area contributed by atoms with Crippen LogP contribution in [-0.4, -0.2) is 26.4 Å². The van der Waals surface area contributed by atoms with Crippen molar-refractivity contribution in [3.05, 3.63) is 35.7 Å². The normalized spacial score (nSPS) is 15.2. The van der Waals surface area contributed by atoms with Crippen LogP contribution in [0.1, 0.15) is 50.4 Å². The number of carbonyl (C=O) groups is 1. The highest BCUT2D eigenvalue weighted by Crippen LogP contribution is 2.27. The standard InChI is InChI=1S/C20H28N4OS/c1-3-16-11-7-8-12-17(16)21-19(25)14-26-20-23-22-18(24(20)2)13-15-9-5-4-6-10-15/h7-8,11-12,15H,3-6,9-10,13-14H2,1-2H3,(H,21,25). The number of aromatic nitrogens is 3. The molecule has 0 spiro atoms. The number of anilines is 1. The van der Waals surface area contributed by atoms with Crippen LogP contribution < -0.4 is 5.32 Å². The molecule has 1 fully saturated rings. The van der Waals surface area contributed by atoms with Gasteiger partial charge in [-0.2, -0.15) is 0 Å². The minimum atomic E-state index is -0.00673. The Morgan fingerprint density at radius 1 is 1.23 bits per heavy atom. The minimum Gasteiger partial charge on any atom is -0.325 e. The Morgan fingerprint density at radius 3 is 2.77 bits per heavy atom. The first-order valence-corrected chi connectivity index (χ1v) is 10.5. The van der Waals surface area contributed by atoms with Crippen molar-refractivity contribution >= 4 is 23.4 Å². The van der Waals surface area contributed by atoms with Gasteiger partial charge in [0.15, 0.2) is 5.16 Å². The van der Waals surface area contributed by atoms with Crippen LogP contribution in [0.2, 0.25) is 0 Å². The Labute approximate surface area is 160 Å². The van der Waals surface area contributed by atoms with Crippen LogP contribution in [0.3, 0.4) is 0 Å². The molecule has 1 aromatic heterocycles. The van der Waals surface area contributed by atoms with Gasteiger partial charge in [-0.3, -0.25) is 4.79 Å². The SMILES string of the molecule is CCc1ccccc1NC(=O)CSc1nnc(CC2CCCCC2)n1C. The molecule has 1 aliphatic rings. The number of para-hydroxylation sites is 1. The van der Waals surface area contributed by atoms with Crippen molar-refractivity contribution in [3.63, 3.8) is 0 Å². The topological polar surface area (TPSA) is 59.8 Å². The molecular formula is C20H28N4OS. The third-order valence-electron chi connectivity index (χ3n) is 5.13. The van der Waals surface area contributed by atoms with Gasteiger partial charge in [-0.1, -0.05) is 69.0 Å². The number of amides is 1. The Bertz CT molecular complexity index is 737. The second-order valence-corrected chi connectivity index (χ2v) is 7.96. The van der Waals surface area contributed by atoms with Crippen molar-refractivity contribution in [2.24, 2.45) is 13.0 Å². The van der Waals surface area contributed by atoms with Crippen LogP contribution in [0.25, 0.3) is 0 Å². The molecule has 1 aliphatic carbocycles. The first kappa shape index (κ1) is 19.0. The van der Waals surface area contributed by atoms with Crippen LogP contribution >= 0.6 is 11.8 Å². The molecule has 0 saturated heterocycles. The fourth-order valence-corrected chi connectivity index (χ4v) is 4.29. The Kier molecular flexibility index (Phi) is 6.72. The van der Waals surface area contributed by atoms with Gasteiger partial charge in [0, 0.05) is 19.2 Å². The van der Waals surface area contributed by atoms with E-state index < -0.39 is 0 Å². The fraction of sp³-hybridized carbons (Fsp3) is 0.550. The predicted molar refractivity (Wildman–Crippen MR) is 106 cm³/mol. The first-order valence-electron chi connectivity index (χ1n) is 9.56. The number of hydrogen-bond donors (Lipinski definition) is 1. The third-order valence-corrected chi connectivity index (χ3v) is 6.15. The molecule has 3 rings (SSSR count). The highest BCUT2D eigenvalue weighted by molar-refractivity contribution is 7.99. The predicted octanol–water partition coefficient (Wildman–Crippen LogP) is 4.23. The summed E-state index contributed by atoms with van der Waals surface area (Å²) in [5.41, 5.74) is 2.05. The molecule has 1 N–H and O–H groups in total. The molecule has 1 aromatic carbocycles. The van der Waals surface area contributed by atoms with Gasteiger partial charge < -0.3 is 9.88 Å². The molecule has 0 radical (unpaired) electrons. The van der Waals surface area contributed by atoms with Crippen LogP contribution in [0, 0.1) is 5.92 Å². The molecule has 0 aliphatic heterocycles. The maximum Gasteiger partial charge on any atom is 0.234 e. The average molecular weight is 373 g/mol. The van der Waals surface area contributed by atoms with Crippen molar-refractivity contribution in [3.8, 4) is 0 Å². The van der Waals surface area contributed by atoms with Gasteiger partial charge in [-0.15, -0.1) is 10.2 Å². The molecule has 1 heterocycles. The zero-order valence-corrected chi connectivity index (χ0v) is 16.5. The molecule has 0 unspecified atom stereocenters. The molecule has 0 atom stereocenters. The summed E-state index contributed by atoms with van der Waals surface area (Å²) in [7, 11) is 2.00. The van der Waals surface area contributed by atoms with Crippen LogP contribution in [0.5, 0.6) is 0 Å². The Hall–Kier alpha value is -1.82. The summed E-state index contributed by atoms with van der Waals surface area (Å²) >= 11 is 1.45. The summed E-state index contributed by atoms with van der Waals surface area (Å²) in [6, 6.07) is 7.94. The van der Waals surface area contributed by atoms with E-state index in [2.05, 4.69) is 22.4 Å². The summed E-state index contributed by atoms with van der Waals surface area (Å²) in [5.74, 6) is 2.11. The maximum atomic E-state index is 12.3. The van der Waals surface area contributed by atoms with Crippen LogP contribution in [0.4, 0.5) is 5.69 Å². The Morgan fingerprint density at radius 2 is 2.00 bits per heavy atom. The number of rotatable bonds is 7. The van der Waals surface area contributed by atoms with Gasteiger partial charge in [-0.05, 0) is 24.0 Å². The molecule has 1 amide bonds. The second kappa shape index (κ2) is 9.21. The lowest BCUT2D eigenvalue weighted by atomic mass is 9.87. The monoisotopic (exact) mass is 372 g/mol. The number of thioether (sulfide) groups is 1. The van der Waals surface area contributed by atoms with Gasteiger partial charge >= 0.3 is 0 Å². The molecule has 0 bridgehead atoms. The number of hydrogen-bond acceptors (Lipinski definition) is 4. The lowest BCUT2D eigenvalue weighted by Gasteiger charge is -2.20. The van der Waals surface area contributed by atoms with Crippen molar-refractivity contribution in [1.29, 1.82) is 0 Å². The van der Waals surface area contributed by atoms with E-state index in [4.69, 9.17) is 0 Å². The van der Waals surface area contributed by atoms with E-state index in [1.165, 1.54) is 43.9 Å². The van der Waals surface area contributed by atoms with Gasteiger partial charge in [0.2, 0.25) is 5.91 Å². The smallest absolute Gasteiger partial charge is 0.234 e. The van der Waals surface area contributed by atoms with Gasteiger partial charge in [-0.25, -0.2) is 0 Å². The molecule has 2 aromatic rings. The van der Waals surface area contributed by atoms with E-state index in [1.54, 1.807) is 0 Å². The lowest BCUT2D eigenvalue weighted by molar-refractivity contribution is -0.113. The van der Waals surface area contributed by atoms with Crippen LogP contribution in [0.15, 0.2) is 29.4 Å². The van der Waals surface area contributed by atoms with Gasteiger partial charge in [0.05, 0.1) is 5.75 Å². The van der Waals surface area contributed by atoms with E-state index >= 15 is 0 Å². The third kappa shape index (κ3) is 4.87. The summed E-state index contributed by atoms with van der Waals surface area (Å²) in [6.45, 7) is 2.09. The zero-order chi connectivity index (χ0) is 18.4. The molecule has 1 saturated carbocycles. The van der Waals surface area contributed by atoms with E-state index in [9.17, 15) is 4.79 Å². The first-order chi connectivity index (χ1) is 12.7. The minimum absolute atomic E-state index is 0.00673. The van der Waals surface area contributed by atoms with E-state index in [-0.39, 0.29) is 5.91 Å². The van der Waals surface area contributed by atoms with Gasteiger partial charge in [0.25, 0.3) is 0 Å². The molecule has 26 heavy (non-hydrogen) atoms. The number of nitrogens with zero attached hydrogens (tertiary/aromatic N) is 3. The van der Waals surface area contributed by atoms with Crippen molar-refractivity contribution in [2.45, 2.75) is 57.0 Å². The van der Waals surface area contributed by atoms with E-state index in [1.807, 2.05) is 35.9 Å². The van der Waals surface area contributed by atoms with E-state index in [0.29, 0.717) is 5.75 Å². The molecular weight excluding hydrogens is 344 g/mol.